The van der Waals surface area contributed by atoms with E-state index in [1.807, 2.05) is 0 Å². The number of nitrogens with one attached hydrogen (secondary N) is 1. The van der Waals surface area contributed by atoms with Crippen molar-refractivity contribution in [3.63, 3.8) is 0 Å². The number of rotatable bonds is 3. The van der Waals surface area contributed by atoms with Crippen LogP contribution in [0.15, 0.2) is 6.20 Å². The number of nitriles is 2. The van der Waals surface area contributed by atoms with Gasteiger partial charge in [-0.05, 0) is 39.0 Å². The van der Waals surface area contributed by atoms with E-state index in [1.165, 1.54) is 0 Å². The average molecular weight is 396 g/mol. The van der Waals surface area contributed by atoms with Crippen molar-refractivity contribution in [2.75, 3.05) is 0 Å². The van der Waals surface area contributed by atoms with Gasteiger partial charge in [0.15, 0.2) is 11.1 Å². The standard InChI is InChI=1S/C23H30N4O2/c1-16-21(29)20(17(13-28)11-26-16)12-27-22(14-24)8-4-2-6-18(22)10-19-7-3-5-9-23(19,27)15-25/h11,18-19,28-29H,2-10,12-13H2,1H3/p+1/t18-,19+,22-,23-/m1/s1. The van der Waals surface area contributed by atoms with Gasteiger partial charge in [-0.2, -0.15) is 10.5 Å². The number of piperidine rings is 1. The van der Waals surface area contributed by atoms with Crippen molar-refractivity contribution < 1.29 is 15.1 Å². The molecule has 1 saturated heterocycles. The minimum absolute atomic E-state index is 0.0931. The molecule has 0 radical (unpaired) electrons. The maximum atomic E-state index is 10.8. The molecule has 1 aromatic rings. The molecule has 5 atom stereocenters. The van der Waals surface area contributed by atoms with E-state index in [1.54, 1.807) is 13.1 Å². The lowest BCUT2D eigenvalue weighted by Gasteiger charge is -2.58. The molecule has 6 nitrogen and oxygen atoms in total. The van der Waals surface area contributed by atoms with Crippen molar-refractivity contribution in [3.05, 3.63) is 23.0 Å². The van der Waals surface area contributed by atoms with Crippen LogP contribution in [0.2, 0.25) is 0 Å². The molecule has 154 valence electrons. The van der Waals surface area contributed by atoms with Crippen molar-refractivity contribution in [2.24, 2.45) is 11.8 Å². The number of aryl methyl sites for hydroxylation is 1. The predicted molar refractivity (Wildman–Crippen MR) is 106 cm³/mol. The van der Waals surface area contributed by atoms with Crippen LogP contribution in [0.5, 0.6) is 5.75 Å². The summed E-state index contributed by atoms with van der Waals surface area (Å²) in [4.78, 5) is 5.21. The molecule has 2 heterocycles. The van der Waals surface area contributed by atoms with Crippen LogP contribution in [0.3, 0.4) is 0 Å². The molecule has 1 aromatic heterocycles. The first kappa shape index (κ1) is 20.1. The second-order valence-corrected chi connectivity index (χ2v) is 9.30. The Morgan fingerprint density at radius 2 is 1.69 bits per heavy atom. The SMILES string of the molecule is Cc1ncc(CO)c(C[NH+]2[C@@]3(C#N)CCCC[C@@H]3C[C@@H]3CCCC[C@@]32C#N)c1O. The van der Waals surface area contributed by atoms with Crippen molar-refractivity contribution in [3.8, 4) is 17.9 Å². The molecule has 3 aliphatic rings. The lowest BCUT2D eigenvalue weighted by molar-refractivity contribution is -1.01. The fourth-order valence-electron chi connectivity index (χ4n) is 6.60. The first-order valence-electron chi connectivity index (χ1n) is 11.0. The predicted octanol–water partition coefficient (Wildman–Crippen LogP) is 2.28. The summed E-state index contributed by atoms with van der Waals surface area (Å²) in [5.74, 6) is 0.683. The number of aliphatic hydroxyl groups is 1. The minimum Gasteiger partial charge on any atom is -0.506 e. The molecule has 1 unspecified atom stereocenters. The number of aliphatic hydroxyl groups excluding tert-OH is 1. The molecular weight excluding hydrogens is 364 g/mol. The Kier molecular flexibility index (Phi) is 5.27. The molecule has 4 rings (SSSR count). The van der Waals surface area contributed by atoms with Gasteiger partial charge in [0.1, 0.15) is 24.4 Å². The van der Waals surface area contributed by atoms with E-state index in [4.69, 9.17) is 0 Å². The molecule has 2 saturated carbocycles. The zero-order valence-corrected chi connectivity index (χ0v) is 17.2. The first-order chi connectivity index (χ1) is 14.0. The molecule has 3 fully saturated rings. The first-order valence-corrected chi connectivity index (χ1v) is 11.0. The fraction of sp³-hybridized carbons (Fsp3) is 0.696. The summed E-state index contributed by atoms with van der Waals surface area (Å²) in [5, 5.41) is 41.6. The van der Waals surface area contributed by atoms with Gasteiger partial charge in [-0.15, -0.1) is 0 Å². The highest BCUT2D eigenvalue weighted by Crippen LogP contribution is 2.47. The molecule has 6 heteroatoms. The van der Waals surface area contributed by atoms with E-state index < -0.39 is 11.1 Å². The maximum Gasteiger partial charge on any atom is 0.189 e. The molecule has 0 amide bonds. The van der Waals surface area contributed by atoms with Gasteiger partial charge in [-0.1, -0.05) is 12.8 Å². The largest absolute Gasteiger partial charge is 0.506 e. The van der Waals surface area contributed by atoms with E-state index in [0.29, 0.717) is 35.2 Å². The number of pyridine rings is 1. The highest BCUT2D eigenvalue weighted by atomic mass is 16.3. The van der Waals surface area contributed by atoms with Crippen LogP contribution in [0.4, 0.5) is 0 Å². The number of hydrogen-bond donors (Lipinski definition) is 3. The normalized spacial score (nSPS) is 36.3. The Bertz CT molecular complexity index is 833. The molecular formula is C23H31N4O2+. The number of quaternary nitrogens is 1. The molecule has 29 heavy (non-hydrogen) atoms. The summed E-state index contributed by atoms with van der Waals surface area (Å²) in [6, 6.07) is 5.41. The van der Waals surface area contributed by atoms with E-state index in [9.17, 15) is 20.7 Å². The van der Waals surface area contributed by atoms with Gasteiger partial charge in [0.2, 0.25) is 0 Å². The number of aromatic nitrogens is 1. The van der Waals surface area contributed by atoms with Gasteiger partial charge in [-0.3, -0.25) is 9.88 Å². The molecule has 1 aliphatic heterocycles. The van der Waals surface area contributed by atoms with Crippen LogP contribution >= 0.6 is 0 Å². The molecule has 0 spiro atoms. The third kappa shape index (κ3) is 2.93. The van der Waals surface area contributed by atoms with Crippen molar-refractivity contribution >= 4 is 0 Å². The summed E-state index contributed by atoms with van der Waals surface area (Å²) in [6.07, 6.45) is 10.6. The number of likely N-dealkylation sites (tertiary alicyclic amines) is 1. The van der Waals surface area contributed by atoms with Crippen LogP contribution in [0, 0.1) is 41.4 Å². The Morgan fingerprint density at radius 1 is 1.10 bits per heavy atom. The van der Waals surface area contributed by atoms with E-state index in [-0.39, 0.29) is 12.4 Å². The molecule has 2 aliphatic carbocycles. The number of aromatic hydroxyl groups is 1. The van der Waals surface area contributed by atoms with Gasteiger partial charge in [0.05, 0.1) is 17.9 Å². The summed E-state index contributed by atoms with van der Waals surface area (Å²) < 4.78 is 0. The Labute approximate surface area is 172 Å². The van der Waals surface area contributed by atoms with Gasteiger partial charge in [0.25, 0.3) is 0 Å². The summed E-state index contributed by atoms with van der Waals surface area (Å²) in [7, 11) is 0. The second kappa shape index (κ2) is 7.59. The molecule has 0 aromatic carbocycles. The van der Waals surface area contributed by atoms with E-state index >= 15 is 0 Å². The highest BCUT2D eigenvalue weighted by Gasteiger charge is 2.65. The zero-order valence-electron chi connectivity index (χ0n) is 17.2. The number of nitrogens with zero attached hydrogens (tertiary/aromatic N) is 3. The van der Waals surface area contributed by atoms with Crippen molar-refractivity contribution in [2.45, 2.75) is 88.9 Å². The number of hydrogen-bond acceptors (Lipinski definition) is 5. The van der Waals surface area contributed by atoms with Crippen LogP contribution in [0.1, 0.15) is 74.6 Å². The minimum atomic E-state index is -0.599. The summed E-state index contributed by atoms with van der Waals surface area (Å²) in [5.41, 5.74) is 0.559. The van der Waals surface area contributed by atoms with Gasteiger partial charge < -0.3 is 10.2 Å². The van der Waals surface area contributed by atoms with Gasteiger partial charge >= 0.3 is 0 Å². The third-order valence-corrected chi connectivity index (χ3v) is 8.14. The van der Waals surface area contributed by atoms with Crippen molar-refractivity contribution in [1.82, 2.24) is 4.98 Å². The lowest BCUT2D eigenvalue weighted by atomic mass is 9.57. The smallest absolute Gasteiger partial charge is 0.189 e. The topological polar surface area (TPSA) is 105 Å². The third-order valence-electron chi connectivity index (χ3n) is 8.14. The quantitative estimate of drug-likeness (QED) is 0.728. The molecule has 3 N–H and O–H groups in total. The molecule has 0 bridgehead atoms. The fourth-order valence-corrected chi connectivity index (χ4v) is 6.60. The summed E-state index contributed by atoms with van der Waals surface area (Å²) >= 11 is 0. The Balaban J connectivity index is 1.87. The Morgan fingerprint density at radius 3 is 2.21 bits per heavy atom. The Hall–Kier alpha value is -2.15. The zero-order chi connectivity index (χ0) is 20.6. The van der Waals surface area contributed by atoms with Crippen molar-refractivity contribution in [1.29, 1.82) is 10.5 Å². The van der Waals surface area contributed by atoms with Crippen LogP contribution in [0.25, 0.3) is 0 Å². The van der Waals surface area contributed by atoms with Gasteiger partial charge in [0, 0.05) is 36.4 Å². The average Bonchev–Trinajstić information content (AvgIpc) is 2.76. The van der Waals surface area contributed by atoms with E-state index in [2.05, 4.69) is 17.1 Å². The highest BCUT2D eigenvalue weighted by molar-refractivity contribution is 5.40. The monoisotopic (exact) mass is 395 g/mol. The maximum absolute atomic E-state index is 10.8. The van der Waals surface area contributed by atoms with E-state index in [0.717, 1.165) is 62.7 Å². The van der Waals surface area contributed by atoms with Crippen LogP contribution in [-0.2, 0) is 13.2 Å². The summed E-state index contributed by atoms with van der Waals surface area (Å²) in [6.45, 7) is 1.92. The van der Waals surface area contributed by atoms with Gasteiger partial charge in [-0.25, -0.2) is 0 Å². The lowest BCUT2D eigenvalue weighted by Crippen LogP contribution is -3.28. The van der Waals surface area contributed by atoms with Crippen LogP contribution < -0.4 is 4.90 Å². The number of fused-ring (bicyclic) bond motifs is 2. The van der Waals surface area contributed by atoms with Crippen LogP contribution in [-0.4, -0.2) is 26.3 Å². The second-order valence-electron chi connectivity index (χ2n) is 9.30.